The van der Waals surface area contributed by atoms with E-state index >= 15 is 0 Å². The molecule has 0 atom stereocenters. The summed E-state index contributed by atoms with van der Waals surface area (Å²) < 4.78 is 0. The van der Waals surface area contributed by atoms with Crippen LogP contribution in [0.1, 0.15) is 0 Å². The summed E-state index contributed by atoms with van der Waals surface area (Å²) in [6.07, 6.45) is 1.86. The second-order valence-electron chi connectivity index (χ2n) is 12.2. The van der Waals surface area contributed by atoms with E-state index in [0.29, 0.717) is 23.2 Å². The second kappa shape index (κ2) is 12.2. The van der Waals surface area contributed by atoms with Gasteiger partial charge < -0.3 is 0 Å². The Kier molecular flexibility index (Phi) is 7.11. The van der Waals surface area contributed by atoms with Crippen LogP contribution in [0.5, 0.6) is 0 Å². The van der Waals surface area contributed by atoms with E-state index in [4.69, 9.17) is 26.5 Å². The number of benzene rings is 7. The van der Waals surface area contributed by atoms with Gasteiger partial charge in [0, 0.05) is 33.8 Å². The summed E-state index contributed by atoms with van der Waals surface area (Å²) in [4.78, 5) is 23.4. The third-order valence-corrected chi connectivity index (χ3v) is 9.17. The Hall–Kier alpha value is -7.03. The first kappa shape index (κ1) is 29.1. The summed E-state index contributed by atoms with van der Waals surface area (Å²) in [6.45, 7) is 7.40. The van der Waals surface area contributed by atoms with Crippen molar-refractivity contribution >= 4 is 38.1 Å². The molecule has 0 unspecified atom stereocenters. The molecule has 0 aliphatic heterocycles. The number of fused-ring (bicyclic) bond motifs is 5. The number of rotatable bonds is 5. The molecule has 0 aliphatic carbocycles. The van der Waals surface area contributed by atoms with E-state index in [1.807, 2.05) is 97.2 Å². The van der Waals surface area contributed by atoms with Crippen molar-refractivity contribution in [2.45, 2.75) is 0 Å². The fourth-order valence-corrected chi connectivity index (χ4v) is 6.76. The molecule has 7 aromatic carbocycles. The maximum Gasteiger partial charge on any atom is 0.187 e. The van der Waals surface area contributed by atoms with Gasteiger partial charge in [-0.2, -0.15) is 0 Å². The molecule has 0 amide bonds. The zero-order valence-corrected chi connectivity index (χ0v) is 26.8. The minimum atomic E-state index is 0.608. The highest BCUT2D eigenvalue weighted by Gasteiger charge is 2.17. The molecule has 0 spiro atoms. The minimum Gasteiger partial charge on any atom is -0.256 e. The van der Waals surface area contributed by atoms with Crippen LogP contribution in [0.4, 0.5) is 5.69 Å². The summed E-state index contributed by atoms with van der Waals surface area (Å²) in [5.74, 6) is 1.87. The van der Waals surface area contributed by atoms with Crippen LogP contribution in [0.2, 0.25) is 0 Å². The Morgan fingerprint density at radius 3 is 1.60 bits per heavy atom. The average Bonchev–Trinajstić information content (AvgIpc) is 3.21. The van der Waals surface area contributed by atoms with Crippen molar-refractivity contribution in [2.75, 3.05) is 0 Å². The number of hydrogen-bond donors (Lipinski definition) is 0. The second-order valence-corrected chi connectivity index (χ2v) is 12.2. The number of pyridine rings is 1. The van der Waals surface area contributed by atoms with E-state index in [1.54, 1.807) is 0 Å². The molecule has 5 nitrogen and oxygen atoms in total. The maximum absolute atomic E-state index is 7.40. The molecule has 232 valence electrons. The van der Waals surface area contributed by atoms with Crippen molar-refractivity contribution in [1.29, 1.82) is 0 Å². The Bertz CT molecular complexity index is 2690. The summed E-state index contributed by atoms with van der Waals surface area (Å²) in [7, 11) is 0. The molecule has 9 aromatic rings. The van der Waals surface area contributed by atoms with Gasteiger partial charge in [0.05, 0.1) is 12.1 Å². The van der Waals surface area contributed by atoms with Gasteiger partial charge in [0.15, 0.2) is 23.2 Å². The monoisotopic (exact) mass is 637 g/mol. The smallest absolute Gasteiger partial charge is 0.187 e. The molecule has 0 radical (unpaired) electrons. The summed E-state index contributed by atoms with van der Waals surface area (Å²) in [5, 5.41) is 5.68. The maximum atomic E-state index is 7.40. The third kappa shape index (κ3) is 5.13. The van der Waals surface area contributed by atoms with E-state index in [1.165, 1.54) is 0 Å². The highest BCUT2D eigenvalue weighted by molar-refractivity contribution is 6.23. The predicted octanol–water partition coefficient (Wildman–Crippen LogP) is 11.6. The lowest BCUT2D eigenvalue weighted by Gasteiger charge is -2.16. The van der Waals surface area contributed by atoms with Crippen molar-refractivity contribution in [3.05, 3.63) is 175 Å². The third-order valence-electron chi connectivity index (χ3n) is 9.17. The van der Waals surface area contributed by atoms with Crippen LogP contribution in [0, 0.1) is 6.57 Å². The Morgan fingerprint density at radius 1 is 0.380 bits per heavy atom. The molecule has 0 aliphatic rings. The van der Waals surface area contributed by atoms with Gasteiger partial charge in [0.2, 0.25) is 0 Å². The Morgan fingerprint density at radius 2 is 0.920 bits per heavy atom. The van der Waals surface area contributed by atoms with E-state index in [9.17, 15) is 0 Å². The van der Waals surface area contributed by atoms with Crippen molar-refractivity contribution in [1.82, 2.24) is 19.9 Å². The molecule has 5 heteroatoms. The van der Waals surface area contributed by atoms with Gasteiger partial charge in [-0.3, -0.25) is 4.98 Å². The van der Waals surface area contributed by atoms with Gasteiger partial charge in [0.1, 0.15) is 0 Å². The van der Waals surface area contributed by atoms with Gasteiger partial charge in [-0.1, -0.05) is 133 Å². The molecular formula is C45H27N5. The lowest BCUT2D eigenvalue weighted by atomic mass is 9.89. The van der Waals surface area contributed by atoms with Crippen molar-refractivity contribution in [3.63, 3.8) is 0 Å². The molecule has 50 heavy (non-hydrogen) atoms. The molecular weight excluding hydrogens is 611 g/mol. The van der Waals surface area contributed by atoms with Crippen molar-refractivity contribution < 1.29 is 0 Å². The minimum absolute atomic E-state index is 0.608. The van der Waals surface area contributed by atoms with E-state index in [-0.39, 0.29) is 0 Å². The lowest BCUT2D eigenvalue weighted by molar-refractivity contribution is 1.07. The first-order chi connectivity index (χ1) is 24.7. The van der Waals surface area contributed by atoms with Gasteiger partial charge in [-0.15, -0.1) is 0 Å². The first-order valence-electron chi connectivity index (χ1n) is 16.4. The largest absolute Gasteiger partial charge is 0.256 e. The molecule has 2 heterocycles. The van der Waals surface area contributed by atoms with Crippen LogP contribution in [0.15, 0.2) is 164 Å². The predicted molar refractivity (Wildman–Crippen MR) is 204 cm³/mol. The van der Waals surface area contributed by atoms with Gasteiger partial charge >= 0.3 is 0 Å². The van der Waals surface area contributed by atoms with Gasteiger partial charge in [-0.05, 0) is 62.5 Å². The average molecular weight is 638 g/mol. The van der Waals surface area contributed by atoms with Gasteiger partial charge in [-0.25, -0.2) is 19.8 Å². The quantitative estimate of drug-likeness (QED) is 0.139. The molecule has 0 N–H and O–H groups in total. The van der Waals surface area contributed by atoms with Crippen LogP contribution >= 0.6 is 0 Å². The van der Waals surface area contributed by atoms with E-state index < -0.39 is 0 Å². The van der Waals surface area contributed by atoms with Crippen LogP contribution in [0.3, 0.4) is 0 Å². The lowest BCUT2D eigenvalue weighted by Crippen LogP contribution is -2.00. The SMILES string of the molecule is [C-]#[N+]c1ccc(-c2cc3c4cccnc4c(-c4cccc(-c5nc(-c6ccccc6)nc(-c6ccccc6)n5)c4)cc3c3ccccc23)cc1. The van der Waals surface area contributed by atoms with Crippen LogP contribution < -0.4 is 0 Å². The normalized spacial score (nSPS) is 11.2. The Labute approximate surface area is 289 Å². The van der Waals surface area contributed by atoms with Gasteiger partial charge in [0.25, 0.3) is 0 Å². The zero-order chi connectivity index (χ0) is 33.4. The summed E-state index contributed by atoms with van der Waals surface area (Å²) in [5.41, 5.74) is 8.58. The standard InChI is InChI=1S/C45H27N5/c1-46-34-23-21-29(22-24-34)38-27-41-37-20-11-25-47-42(37)39(28-40(41)36-19-9-8-18-35(36)38)32-16-10-17-33(26-32)45-49-43(30-12-4-2-5-13-30)48-44(50-45)31-14-6-3-7-15-31/h2-28H. The van der Waals surface area contributed by atoms with Crippen LogP contribution in [-0.2, 0) is 0 Å². The number of hydrogen-bond acceptors (Lipinski definition) is 4. The van der Waals surface area contributed by atoms with Crippen molar-refractivity contribution in [2.24, 2.45) is 0 Å². The first-order valence-corrected chi connectivity index (χ1v) is 16.4. The zero-order valence-electron chi connectivity index (χ0n) is 26.8. The molecule has 0 saturated carbocycles. The Balaban J connectivity index is 1.25. The summed E-state index contributed by atoms with van der Waals surface area (Å²) >= 11 is 0. The van der Waals surface area contributed by atoms with Crippen LogP contribution in [0.25, 0.3) is 93.7 Å². The number of nitrogens with zero attached hydrogens (tertiary/aromatic N) is 5. The molecule has 0 bridgehead atoms. The highest BCUT2D eigenvalue weighted by atomic mass is 15.0. The van der Waals surface area contributed by atoms with E-state index in [2.05, 4.69) is 71.6 Å². The van der Waals surface area contributed by atoms with Crippen molar-refractivity contribution in [3.8, 4) is 56.4 Å². The fraction of sp³-hybridized carbons (Fsp3) is 0. The molecule has 2 aromatic heterocycles. The van der Waals surface area contributed by atoms with E-state index in [0.717, 1.165) is 71.4 Å². The fourth-order valence-electron chi connectivity index (χ4n) is 6.76. The molecule has 0 saturated heterocycles. The molecule has 0 fully saturated rings. The summed E-state index contributed by atoms with van der Waals surface area (Å²) in [6, 6.07) is 53.6. The topological polar surface area (TPSA) is 55.9 Å². The molecule has 9 rings (SSSR count). The number of aromatic nitrogens is 4. The van der Waals surface area contributed by atoms with Crippen LogP contribution in [-0.4, -0.2) is 19.9 Å². The highest BCUT2D eigenvalue weighted by Crippen LogP contribution is 2.42.